The first kappa shape index (κ1) is 30.1. The number of pyridine rings is 1. The molecule has 5 aromatic rings. The highest BCUT2D eigenvalue weighted by atomic mass is 35.5. The van der Waals surface area contributed by atoms with Gasteiger partial charge in [0.15, 0.2) is 5.65 Å². The SMILES string of the molecule is CC(n1c(N)nc2ccc(-c3[nH]c(-c4c(F)cccc4Cl)nc3-c3ccc(F)cc3)nc21)C(C)(C)C.CS(=O)(=O)O. The molecular weight excluding hydrogens is 574 g/mol. The lowest BCUT2D eigenvalue weighted by atomic mass is 9.88. The van der Waals surface area contributed by atoms with Gasteiger partial charge in [0, 0.05) is 11.6 Å². The molecule has 0 saturated heterocycles. The molecule has 0 spiro atoms. The van der Waals surface area contributed by atoms with Crippen molar-refractivity contribution in [3.8, 4) is 34.0 Å². The summed E-state index contributed by atoms with van der Waals surface area (Å²) in [6, 6.07) is 14.0. The fourth-order valence-corrected chi connectivity index (χ4v) is 4.37. The second-order valence-electron chi connectivity index (χ2n) is 10.6. The predicted molar refractivity (Wildman–Crippen MR) is 157 cm³/mol. The average molecular weight is 603 g/mol. The minimum Gasteiger partial charge on any atom is -0.369 e. The summed E-state index contributed by atoms with van der Waals surface area (Å²) < 4.78 is 56.2. The molecule has 216 valence electrons. The molecule has 5 rings (SSSR count). The molecule has 13 heteroatoms. The van der Waals surface area contributed by atoms with Crippen molar-refractivity contribution in [2.75, 3.05) is 12.0 Å². The number of fused-ring (bicyclic) bond motifs is 1. The molecule has 41 heavy (non-hydrogen) atoms. The van der Waals surface area contributed by atoms with Gasteiger partial charge in [-0.1, -0.05) is 38.4 Å². The zero-order chi connectivity index (χ0) is 30.3. The molecule has 9 nitrogen and oxygen atoms in total. The van der Waals surface area contributed by atoms with Crippen LogP contribution in [0.2, 0.25) is 5.02 Å². The van der Waals surface area contributed by atoms with Crippen molar-refractivity contribution >= 4 is 38.8 Å². The van der Waals surface area contributed by atoms with Gasteiger partial charge in [-0.15, -0.1) is 0 Å². The van der Waals surface area contributed by atoms with Crippen molar-refractivity contribution in [2.24, 2.45) is 5.41 Å². The van der Waals surface area contributed by atoms with Gasteiger partial charge in [0.25, 0.3) is 10.1 Å². The van der Waals surface area contributed by atoms with E-state index in [1.54, 1.807) is 24.3 Å². The summed E-state index contributed by atoms with van der Waals surface area (Å²) in [6.45, 7) is 8.44. The van der Waals surface area contributed by atoms with Gasteiger partial charge < -0.3 is 10.7 Å². The number of nitrogens with one attached hydrogen (secondary N) is 1. The van der Waals surface area contributed by atoms with Gasteiger partial charge in [-0.05, 0) is 60.9 Å². The molecule has 0 saturated carbocycles. The number of imidazole rings is 2. The fraction of sp³-hybridized carbons (Fsp3) is 0.250. The third-order valence-corrected chi connectivity index (χ3v) is 6.80. The fourth-order valence-electron chi connectivity index (χ4n) is 4.12. The second-order valence-corrected chi connectivity index (χ2v) is 12.4. The van der Waals surface area contributed by atoms with Crippen molar-refractivity contribution in [2.45, 2.75) is 33.7 Å². The predicted octanol–water partition coefficient (Wildman–Crippen LogP) is 6.78. The van der Waals surface area contributed by atoms with Crippen LogP contribution in [0.15, 0.2) is 54.6 Å². The third kappa shape index (κ3) is 6.72. The molecule has 1 atom stereocenters. The lowest BCUT2D eigenvalue weighted by Crippen LogP contribution is -2.23. The Hall–Kier alpha value is -3.87. The van der Waals surface area contributed by atoms with Gasteiger partial charge in [-0.3, -0.25) is 9.12 Å². The van der Waals surface area contributed by atoms with Gasteiger partial charge in [0.05, 0.1) is 33.9 Å². The zero-order valence-electron chi connectivity index (χ0n) is 22.9. The lowest BCUT2D eigenvalue weighted by Gasteiger charge is -2.29. The molecule has 3 aromatic heterocycles. The molecule has 0 bridgehead atoms. The Morgan fingerprint density at radius 3 is 2.24 bits per heavy atom. The quantitative estimate of drug-likeness (QED) is 0.193. The lowest BCUT2D eigenvalue weighted by molar-refractivity contribution is 0.269. The average Bonchev–Trinajstić information content (AvgIpc) is 3.42. The van der Waals surface area contributed by atoms with Gasteiger partial charge in [-0.25, -0.2) is 23.7 Å². The number of H-pyrrole nitrogens is 1. The number of benzene rings is 2. The summed E-state index contributed by atoms with van der Waals surface area (Å²) in [4.78, 5) is 17.3. The largest absolute Gasteiger partial charge is 0.369 e. The van der Waals surface area contributed by atoms with E-state index < -0.39 is 15.9 Å². The number of rotatable bonds is 4. The van der Waals surface area contributed by atoms with Crippen LogP contribution in [-0.2, 0) is 10.1 Å². The normalized spacial score (nSPS) is 12.7. The summed E-state index contributed by atoms with van der Waals surface area (Å²) in [5, 5.41) is 0.217. The maximum Gasteiger partial charge on any atom is 0.261 e. The molecule has 1 unspecified atom stereocenters. The zero-order valence-corrected chi connectivity index (χ0v) is 24.5. The first-order chi connectivity index (χ1) is 19.0. The van der Waals surface area contributed by atoms with Crippen molar-refractivity contribution in [3.63, 3.8) is 0 Å². The smallest absolute Gasteiger partial charge is 0.261 e. The first-order valence-electron chi connectivity index (χ1n) is 12.4. The highest BCUT2D eigenvalue weighted by Gasteiger charge is 2.27. The maximum absolute atomic E-state index is 14.8. The molecule has 0 aliphatic rings. The highest BCUT2D eigenvalue weighted by Crippen LogP contribution is 2.38. The van der Waals surface area contributed by atoms with E-state index >= 15 is 0 Å². The van der Waals surface area contributed by atoms with Gasteiger partial charge in [0.2, 0.25) is 5.95 Å². The van der Waals surface area contributed by atoms with E-state index in [-0.39, 0.29) is 33.7 Å². The van der Waals surface area contributed by atoms with E-state index in [4.69, 9.17) is 26.9 Å². The van der Waals surface area contributed by atoms with Crippen LogP contribution in [0.1, 0.15) is 33.7 Å². The highest BCUT2D eigenvalue weighted by molar-refractivity contribution is 7.85. The van der Waals surface area contributed by atoms with E-state index in [2.05, 4.69) is 42.6 Å². The van der Waals surface area contributed by atoms with Gasteiger partial charge in [0.1, 0.15) is 23.0 Å². The van der Waals surface area contributed by atoms with E-state index in [0.29, 0.717) is 46.0 Å². The molecule has 2 aromatic carbocycles. The topological polar surface area (TPSA) is 140 Å². The molecule has 0 radical (unpaired) electrons. The van der Waals surface area contributed by atoms with Crippen LogP contribution in [0.5, 0.6) is 0 Å². The van der Waals surface area contributed by atoms with Crippen LogP contribution in [0.3, 0.4) is 0 Å². The van der Waals surface area contributed by atoms with Gasteiger partial charge >= 0.3 is 0 Å². The maximum atomic E-state index is 14.8. The summed E-state index contributed by atoms with van der Waals surface area (Å²) in [5.41, 5.74) is 9.83. The molecule has 3 heterocycles. The number of halogens is 3. The Balaban J connectivity index is 0.000000714. The molecular formula is C28H29ClF2N6O3S. The Labute approximate surface area is 241 Å². The summed E-state index contributed by atoms with van der Waals surface area (Å²) in [5.74, 6) is -0.269. The number of nitrogen functional groups attached to an aromatic ring is 1. The number of aromatic nitrogens is 5. The van der Waals surface area contributed by atoms with E-state index in [1.165, 1.54) is 24.3 Å². The van der Waals surface area contributed by atoms with Crippen molar-refractivity contribution < 1.29 is 21.8 Å². The Kier molecular flexibility index (Phi) is 8.21. The van der Waals surface area contributed by atoms with E-state index in [9.17, 15) is 17.2 Å². The second kappa shape index (κ2) is 11.2. The van der Waals surface area contributed by atoms with E-state index in [1.807, 2.05) is 10.6 Å². The van der Waals surface area contributed by atoms with Crippen LogP contribution in [-0.4, -0.2) is 43.7 Å². The van der Waals surface area contributed by atoms with E-state index in [0.717, 1.165) is 0 Å². The van der Waals surface area contributed by atoms with Crippen LogP contribution < -0.4 is 5.73 Å². The van der Waals surface area contributed by atoms with Crippen LogP contribution in [0.25, 0.3) is 45.2 Å². The third-order valence-electron chi connectivity index (χ3n) is 6.48. The van der Waals surface area contributed by atoms with Gasteiger partial charge in [-0.2, -0.15) is 8.42 Å². The van der Waals surface area contributed by atoms with Crippen molar-refractivity contribution in [1.82, 2.24) is 24.5 Å². The standard InChI is InChI=1S/C27H25ClF2N6.CH4O3S/c1-14(27(2,3)4)36-25-20(33-26(36)31)13-12-19(32-25)23-22(15-8-10-16(29)11-9-15)34-24(35-23)21-17(28)6-5-7-18(21)30;1-5(2,3)4/h5-14H,1-4H3,(H2,31,33)(H,34,35);1H3,(H,2,3,4). The summed E-state index contributed by atoms with van der Waals surface area (Å²) in [7, 11) is -3.67. The van der Waals surface area contributed by atoms with Crippen LogP contribution in [0, 0.1) is 17.0 Å². The minimum absolute atomic E-state index is 0.0105. The summed E-state index contributed by atoms with van der Waals surface area (Å²) in [6.07, 6.45) is 0.715. The first-order valence-corrected chi connectivity index (χ1v) is 14.6. The molecule has 0 aliphatic carbocycles. The number of hydrogen-bond acceptors (Lipinski definition) is 6. The number of hydrogen-bond donors (Lipinski definition) is 3. The number of aromatic amines is 1. The minimum atomic E-state index is -3.67. The van der Waals surface area contributed by atoms with Crippen molar-refractivity contribution in [1.29, 1.82) is 0 Å². The van der Waals surface area contributed by atoms with Crippen LogP contribution in [0.4, 0.5) is 14.7 Å². The Morgan fingerprint density at radius 2 is 1.66 bits per heavy atom. The van der Waals surface area contributed by atoms with Crippen LogP contribution >= 0.6 is 11.6 Å². The number of anilines is 1. The Bertz CT molecular complexity index is 1800. The summed E-state index contributed by atoms with van der Waals surface area (Å²) >= 11 is 6.33. The van der Waals surface area contributed by atoms with Crippen molar-refractivity contribution in [3.05, 3.63) is 71.3 Å². The molecule has 0 amide bonds. The monoisotopic (exact) mass is 602 g/mol. The number of nitrogens with two attached hydrogens (primary N) is 1. The molecule has 0 fully saturated rings. The molecule has 4 N–H and O–H groups in total. The Morgan fingerprint density at radius 1 is 1.02 bits per heavy atom. The number of nitrogens with zero attached hydrogens (tertiary/aromatic N) is 4. The molecule has 0 aliphatic heterocycles.